The highest BCUT2D eigenvalue weighted by molar-refractivity contribution is 5.72. The fourth-order valence-electron chi connectivity index (χ4n) is 1.91. The molecule has 1 aliphatic rings. The van der Waals surface area contributed by atoms with Gasteiger partial charge in [0.2, 0.25) is 0 Å². The third kappa shape index (κ3) is 3.53. The highest BCUT2D eigenvalue weighted by atomic mass is 15.2. The van der Waals surface area contributed by atoms with E-state index in [2.05, 4.69) is 16.8 Å². The van der Waals surface area contributed by atoms with E-state index in [4.69, 9.17) is 11.5 Å². The van der Waals surface area contributed by atoms with Crippen LogP contribution in [0.25, 0.3) is 0 Å². The number of anilines is 3. The van der Waals surface area contributed by atoms with Gasteiger partial charge in [-0.25, -0.2) is 0 Å². The van der Waals surface area contributed by atoms with Crippen LogP contribution in [0.15, 0.2) is 18.2 Å². The van der Waals surface area contributed by atoms with Crippen molar-refractivity contribution in [3.63, 3.8) is 0 Å². The van der Waals surface area contributed by atoms with E-state index >= 15 is 0 Å². The number of nitrogen functional groups attached to an aromatic ring is 2. The summed E-state index contributed by atoms with van der Waals surface area (Å²) in [7, 11) is 2.14. The van der Waals surface area contributed by atoms with Crippen molar-refractivity contribution in [3.8, 4) is 0 Å². The molecule has 1 heterocycles. The number of hydrogen-bond donors (Lipinski definition) is 2. The van der Waals surface area contributed by atoms with Gasteiger partial charge in [0.25, 0.3) is 0 Å². The molecule has 2 rings (SSSR count). The number of nitrogens with zero attached hydrogens (tertiary/aromatic N) is 2. The number of piperazine rings is 1. The van der Waals surface area contributed by atoms with E-state index in [0.29, 0.717) is 0 Å². The topological polar surface area (TPSA) is 58.5 Å². The number of hydrogen-bond acceptors (Lipinski definition) is 4. The fraction of sp³-hybridized carbons (Fsp3) is 0.538. The van der Waals surface area contributed by atoms with Crippen molar-refractivity contribution >= 4 is 17.1 Å². The predicted molar refractivity (Wildman–Crippen MR) is 76.3 cm³/mol. The summed E-state index contributed by atoms with van der Waals surface area (Å²) in [4.78, 5) is 4.64. The highest BCUT2D eigenvalue weighted by Gasteiger charge is 2.15. The van der Waals surface area contributed by atoms with E-state index in [0.717, 1.165) is 43.2 Å². The Balaban J connectivity index is 0.000000686. The van der Waals surface area contributed by atoms with Gasteiger partial charge in [-0.1, -0.05) is 13.8 Å². The summed E-state index contributed by atoms with van der Waals surface area (Å²) in [5.74, 6) is 0. The van der Waals surface area contributed by atoms with E-state index in [9.17, 15) is 0 Å². The summed E-state index contributed by atoms with van der Waals surface area (Å²) in [6.07, 6.45) is 0. The zero-order chi connectivity index (χ0) is 12.8. The summed E-state index contributed by atoms with van der Waals surface area (Å²) in [5.41, 5.74) is 14.2. The van der Waals surface area contributed by atoms with Crippen LogP contribution in [0.4, 0.5) is 17.1 Å². The summed E-state index contributed by atoms with van der Waals surface area (Å²) in [6, 6.07) is 5.74. The first-order valence-corrected chi connectivity index (χ1v) is 6.25. The molecule has 17 heavy (non-hydrogen) atoms. The lowest BCUT2D eigenvalue weighted by Crippen LogP contribution is -2.44. The van der Waals surface area contributed by atoms with Gasteiger partial charge in [0.05, 0.1) is 11.4 Å². The maximum Gasteiger partial charge on any atom is 0.0602 e. The van der Waals surface area contributed by atoms with Crippen LogP contribution in [-0.2, 0) is 0 Å². The first kappa shape index (κ1) is 13.6. The van der Waals surface area contributed by atoms with E-state index in [-0.39, 0.29) is 0 Å². The molecule has 96 valence electrons. The molecule has 0 saturated carbocycles. The zero-order valence-corrected chi connectivity index (χ0v) is 11.1. The second-order valence-electron chi connectivity index (χ2n) is 4.11. The number of likely N-dealkylation sites (N-methyl/N-ethyl adjacent to an activating group) is 1. The molecule has 0 spiro atoms. The Morgan fingerprint density at radius 2 is 1.59 bits per heavy atom. The van der Waals surface area contributed by atoms with Crippen LogP contribution in [0.1, 0.15) is 13.8 Å². The van der Waals surface area contributed by atoms with Crippen molar-refractivity contribution in [3.05, 3.63) is 18.2 Å². The lowest BCUT2D eigenvalue weighted by molar-refractivity contribution is 0.313. The van der Waals surface area contributed by atoms with Gasteiger partial charge in [0.15, 0.2) is 0 Å². The predicted octanol–water partition coefficient (Wildman–Crippen LogP) is 1.63. The Hall–Kier alpha value is -1.42. The molecule has 0 radical (unpaired) electrons. The van der Waals surface area contributed by atoms with Gasteiger partial charge in [-0.2, -0.15) is 0 Å². The second kappa shape index (κ2) is 6.35. The maximum absolute atomic E-state index is 5.95. The second-order valence-corrected chi connectivity index (χ2v) is 4.11. The fourth-order valence-corrected chi connectivity index (χ4v) is 1.91. The quantitative estimate of drug-likeness (QED) is 0.728. The van der Waals surface area contributed by atoms with Crippen molar-refractivity contribution in [1.29, 1.82) is 0 Å². The van der Waals surface area contributed by atoms with Gasteiger partial charge >= 0.3 is 0 Å². The first-order valence-electron chi connectivity index (χ1n) is 6.25. The average Bonchev–Trinajstić information content (AvgIpc) is 2.33. The molecule has 1 fully saturated rings. The van der Waals surface area contributed by atoms with Gasteiger partial charge in [-0.3, -0.25) is 0 Å². The third-order valence-corrected chi connectivity index (χ3v) is 2.90. The zero-order valence-electron chi connectivity index (χ0n) is 11.1. The Morgan fingerprint density at radius 1 is 1.00 bits per heavy atom. The molecule has 4 heteroatoms. The minimum absolute atomic E-state index is 0.727. The van der Waals surface area contributed by atoms with Crippen molar-refractivity contribution in [1.82, 2.24) is 4.90 Å². The molecule has 4 N–H and O–H groups in total. The molecule has 0 amide bonds. The number of benzene rings is 1. The van der Waals surface area contributed by atoms with E-state index < -0.39 is 0 Å². The Kier molecular flexibility index (Phi) is 5.10. The number of rotatable bonds is 1. The van der Waals surface area contributed by atoms with Crippen LogP contribution < -0.4 is 16.4 Å². The normalized spacial score (nSPS) is 16.3. The van der Waals surface area contributed by atoms with Crippen LogP contribution >= 0.6 is 0 Å². The monoisotopic (exact) mass is 236 g/mol. The van der Waals surface area contributed by atoms with E-state index in [1.807, 2.05) is 32.0 Å². The first-order chi connectivity index (χ1) is 8.16. The molecule has 0 aliphatic carbocycles. The summed E-state index contributed by atoms with van der Waals surface area (Å²) in [5, 5.41) is 0. The standard InChI is InChI=1S/C11H18N4.C2H6/c1-14-4-6-15(7-5-14)11-3-2-9(12)8-10(11)13;1-2/h2-3,8H,4-7,12-13H2,1H3;1-2H3. The van der Waals surface area contributed by atoms with Crippen molar-refractivity contribution in [2.75, 3.05) is 49.6 Å². The Morgan fingerprint density at radius 3 is 2.12 bits per heavy atom. The molecule has 1 saturated heterocycles. The van der Waals surface area contributed by atoms with Gasteiger partial charge in [0, 0.05) is 31.9 Å². The van der Waals surface area contributed by atoms with E-state index in [1.165, 1.54) is 0 Å². The summed E-state index contributed by atoms with van der Waals surface area (Å²) in [6.45, 7) is 8.24. The SMILES string of the molecule is CC.CN1CCN(c2ccc(N)cc2N)CC1. The van der Waals surface area contributed by atoms with Crippen molar-refractivity contribution in [2.45, 2.75) is 13.8 Å². The average molecular weight is 236 g/mol. The van der Waals surface area contributed by atoms with Crippen LogP contribution in [0, 0.1) is 0 Å². The molecular formula is C13H24N4. The minimum Gasteiger partial charge on any atom is -0.399 e. The van der Waals surface area contributed by atoms with Gasteiger partial charge in [0.1, 0.15) is 0 Å². The molecule has 0 unspecified atom stereocenters. The number of nitrogens with two attached hydrogens (primary N) is 2. The molecule has 1 aromatic carbocycles. The summed E-state index contributed by atoms with van der Waals surface area (Å²) >= 11 is 0. The molecule has 0 atom stereocenters. The minimum atomic E-state index is 0.727. The Labute approximate surface area is 104 Å². The largest absolute Gasteiger partial charge is 0.399 e. The molecule has 1 aliphatic heterocycles. The van der Waals surface area contributed by atoms with E-state index in [1.54, 1.807) is 0 Å². The summed E-state index contributed by atoms with van der Waals surface area (Å²) < 4.78 is 0. The van der Waals surface area contributed by atoms with Gasteiger partial charge < -0.3 is 21.3 Å². The maximum atomic E-state index is 5.95. The highest BCUT2D eigenvalue weighted by Crippen LogP contribution is 2.25. The van der Waals surface area contributed by atoms with Crippen LogP contribution in [-0.4, -0.2) is 38.1 Å². The van der Waals surface area contributed by atoms with Gasteiger partial charge in [-0.05, 0) is 25.2 Å². The van der Waals surface area contributed by atoms with Crippen molar-refractivity contribution < 1.29 is 0 Å². The molecule has 4 nitrogen and oxygen atoms in total. The van der Waals surface area contributed by atoms with Crippen LogP contribution in [0.5, 0.6) is 0 Å². The van der Waals surface area contributed by atoms with Crippen LogP contribution in [0.2, 0.25) is 0 Å². The van der Waals surface area contributed by atoms with Crippen LogP contribution in [0.3, 0.4) is 0 Å². The lowest BCUT2D eigenvalue weighted by atomic mass is 10.2. The lowest BCUT2D eigenvalue weighted by Gasteiger charge is -2.34. The molecular weight excluding hydrogens is 212 g/mol. The molecule has 1 aromatic rings. The van der Waals surface area contributed by atoms with Crippen molar-refractivity contribution in [2.24, 2.45) is 0 Å². The molecule has 0 bridgehead atoms. The smallest absolute Gasteiger partial charge is 0.0602 e. The Bertz CT molecular complexity index is 343. The van der Waals surface area contributed by atoms with Gasteiger partial charge in [-0.15, -0.1) is 0 Å². The molecule has 0 aromatic heterocycles. The third-order valence-electron chi connectivity index (χ3n) is 2.90.